The number of allylic oxidation sites excluding steroid dienone is 1. The molecule has 0 saturated heterocycles. The fourth-order valence-electron chi connectivity index (χ4n) is 1.80. The third-order valence-corrected chi connectivity index (χ3v) is 2.60. The molecular weight excluding hydrogens is 150 g/mol. The summed E-state index contributed by atoms with van der Waals surface area (Å²) in [6.45, 7) is 4.10. The molecule has 0 amide bonds. The van der Waals surface area contributed by atoms with E-state index in [1.54, 1.807) is 0 Å². The largest absolute Gasteiger partial charge is 0.375 e. The van der Waals surface area contributed by atoms with Crippen molar-refractivity contribution in [3.8, 4) is 6.07 Å². The quantitative estimate of drug-likeness (QED) is 0.476. The molecule has 66 valence electrons. The molecule has 1 N–H and O–H groups in total. The molecule has 0 radical (unpaired) electrons. The monoisotopic (exact) mass is 165 g/mol. The number of rotatable bonds is 1. The first-order valence-corrected chi connectivity index (χ1v) is 4.39. The van der Waals surface area contributed by atoms with Crippen LogP contribution in [0.3, 0.4) is 0 Å². The molecular formula is C10H15NO. The van der Waals surface area contributed by atoms with Gasteiger partial charge in [-0.25, -0.2) is 0 Å². The van der Waals surface area contributed by atoms with Crippen LogP contribution in [0.25, 0.3) is 0 Å². The van der Waals surface area contributed by atoms with Crippen LogP contribution in [0.15, 0.2) is 12.2 Å². The summed E-state index contributed by atoms with van der Waals surface area (Å²) in [5.41, 5.74) is -1.12. The lowest BCUT2D eigenvalue weighted by atomic mass is 9.74. The summed E-state index contributed by atoms with van der Waals surface area (Å²) in [5, 5.41) is 18.7. The highest BCUT2D eigenvalue weighted by Crippen LogP contribution is 2.34. The van der Waals surface area contributed by atoms with Gasteiger partial charge in [0.1, 0.15) is 0 Å². The van der Waals surface area contributed by atoms with Crippen molar-refractivity contribution in [2.24, 2.45) is 11.8 Å². The van der Waals surface area contributed by atoms with E-state index in [2.05, 4.69) is 6.08 Å². The van der Waals surface area contributed by atoms with E-state index in [-0.39, 0.29) is 5.92 Å². The maximum Gasteiger partial charge on any atom is 0.157 e. The zero-order valence-corrected chi connectivity index (χ0v) is 7.62. The molecule has 0 aromatic carbocycles. The van der Waals surface area contributed by atoms with Crippen molar-refractivity contribution >= 4 is 0 Å². The number of hydrogen-bond acceptors (Lipinski definition) is 2. The van der Waals surface area contributed by atoms with Gasteiger partial charge < -0.3 is 5.11 Å². The molecule has 2 unspecified atom stereocenters. The van der Waals surface area contributed by atoms with Gasteiger partial charge in [-0.2, -0.15) is 5.26 Å². The summed E-state index contributed by atoms with van der Waals surface area (Å²) in [6, 6.07) is 2.02. The SMILES string of the molecule is CC(C)C1CC=CCC1(O)C#N. The molecule has 1 aliphatic rings. The van der Waals surface area contributed by atoms with Gasteiger partial charge in [0, 0.05) is 12.3 Å². The third-order valence-electron chi connectivity index (χ3n) is 2.60. The molecule has 2 nitrogen and oxygen atoms in total. The molecule has 0 bridgehead atoms. The maximum absolute atomic E-state index is 9.90. The van der Waals surface area contributed by atoms with Crippen LogP contribution < -0.4 is 0 Å². The summed E-state index contributed by atoms with van der Waals surface area (Å²) in [7, 11) is 0. The Bertz CT molecular complexity index is 226. The minimum atomic E-state index is -1.12. The fourth-order valence-corrected chi connectivity index (χ4v) is 1.80. The minimum Gasteiger partial charge on any atom is -0.375 e. The van der Waals surface area contributed by atoms with E-state index in [1.165, 1.54) is 0 Å². The van der Waals surface area contributed by atoms with Gasteiger partial charge in [0.25, 0.3) is 0 Å². The Balaban J connectivity index is 2.85. The summed E-state index contributed by atoms with van der Waals surface area (Å²) in [4.78, 5) is 0. The Hall–Kier alpha value is -0.810. The van der Waals surface area contributed by atoms with Crippen LogP contribution in [0.2, 0.25) is 0 Å². The second-order valence-corrected chi connectivity index (χ2v) is 3.80. The molecule has 1 aliphatic carbocycles. The summed E-state index contributed by atoms with van der Waals surface area (Å²) in [5.74, 6) is 0.451. The number of aliphatic hydroxyl groups is 1. The molecule has 0 spiro atoms. The van der Waals surface area contributed by atoms with E-state index in [0.29, 0.717) is 12.3 Å². The van der Waals surface area contributed by atoms with E-state index in [0.717, 1.165) is 6.42 Å². The van der Waals surface area contributed by atoms with E-state index >= 15 is 0 Å². The van der Waals surface area contributed by atoms with Gasteiger partial charge >= 0.3 is 0 Å². The third kappa shape index (κ3) is 1.51. The predicted molar refractivity (Wildman–Crippen MR) is 47.3 cm³/mol. The first-order valence-electron chi connectivity index (χ1n) is 4.39. The number of nitriles is 1. The van der Waals surface area contributed by atoms with E-state index in [4.69, 9.17) is 5.26 Å². The average molecular weight is 165 g/mol. The van der Waals surface area contributed by atoms with Gasteiger partial charge in [0.2, 0.25) is 0 Å². The summed E-state index contributed by atoms with van der Waals surface area (Å²) >= 11 is 0. The molecule has 12 heavy (non-hydrogen) atoms. The smallest absolute Gasteiger partial charge is 0.157 e. The van der Waals surface area contributed by atoms with Gasteiger partial charge in [0.15, 0.2) is 5.60 Å². The Kier molecular flexibility index (Phi) is 2.54. The number of hydrogen-bond donors (Lipinski definition) is 1. The van der Waals surface area contributed by atoms with Crippen LogP contribution >= 0.6 is 0 Å². The highest BCUT2D eigenvalue weighted by molar-refractivity contribution is 5.14. The molecule has 2 heteroatoms. The molecule has 0 fully saturated rings. The lowest BCUT2D eigenvalue weighted by Crippen LogP contribution is -2.40. The van der Waals surface area contributed by atoms with Crippen LogP contribution in [0.4, 0.5) is 0 Å². The highest BCUT2D eigenvalue weighted by atomic mass is 16.3. The minimum absolute atomic E-state index is 0.0903. The molecule has 0 saturated carbocycles. The van der Waals surface area contributed by atoms with Crippen molar-refractivity contribution in [1.82, 2.24) is 0 Å². The normalized spacial score (nSPS) is 35.1. The van der Waals surface area contributed by atoms with Gasteiger partial charge in [0.05, 0.1) is 6.07 Å². The zero-order chi connectivity index (χ0) is 9.19. The standard InChI is InChI=1S/C10H15NO/c1-8(2)9-5-3-4-6-10(9,12)7-11/h3-4,8-9,12H,5-6H2,1-2H3. The Morgan fingerprint density at radius 3 is 2.67 bits per heavy atom. The van der Waals surface area contributed by atoms with Crippen LogP contribution in [-0.2, 0) is 0 Å². The second kappa shape index (κ2) is 3.28. The van der Waals surface area contributed by atoms with Crippen molar-refractivity contribution in [3.05, 3.63) is 12.2 Å². The van der Waals surface area contributed by atoms with Gasteiger partial charge in [-0.05, 0) is 12.3 Å². The first-order chi connectivity index (χ1) is 5.60. The Morgan fingerprint density at radius 2 is 2.25 bits per heavy atom. The maximum atomic E-state index is 9.90. The molecule has 0 aromatic heterocycles. The number of nitrogens with zero attached hydrogens (tertiary/aromatic N) is 1. The Morgan fingerprint density at radius 1 is 1.58 bits per heavy atom. The van der Waals surface area contributed by atoms with Gasteiger partial charge in [-0.15, -0.1) is 0 Å². The Labute approximate surface area is 73.5 Å². The van der Waals surface area contributed by atoms with Gasteiger partial charge in [-0.1, -0.05) is 26.0 Å². The topological polar surface area (TPSA) is 44.0 Å². The fraction of sp³-hybridized carbons (Fsp3) is 0.700. The van der Waals surface area contributed by atoms with E-state index in [9.17, 15) is 5.11 Å². The average Bonchev–Trinajstić information content (AvgIpc) is 2.05. The van der Waals surface area contributed by atoms with Gasteiger partial charge in [-0.3, -0.25) is 0 Å². The van der Waals surface area contributed by atoms with Crippen molar-refractivity contribution in [2.75, 3.05) is 0 Å². The lowest BCUT2D eigenvalue weighted by molar-refractivity contribution is 0.0127. The van der Waals surface area contributed by atoms with Crippen molar-refractivity contribution in [3.63, 3.8) is 0 Å². The molecule has 0 aliphatic heterocycles. The molecule has 2 atom stereocenters. The zero-order valence-electron chi connectivity index (χ0n) is 7.62. The van der Waals surface area contributed by atoms with Crippen molar-refractivity contribution in [2.45, 2.75) is 32.3 Å². The van der Waals surface area contributed by atoms with Crippen LogP contribution in [0.1, 0.15) is 26.7 Å². The molecule has 0 aromatic rings. The predicted octanol–water partition coefficient (Wildman–Crippen LogP) is 1.86. The summed E-state index contributed by atoms with van der Waals surface area (Å²) in [6.07, 6.45) is 5.24. The van der Waals surface area contributed by atoms with Crippen LogP contribution in [0, 0.1) is 23.2 Å². The molecule has 0 heterocycles. The second-order valence-electron chi connectivity index (χ2n) is 3.80. The summed E-state index contributed by atoms with van der Waals surface area (Å²) < 4.78 is 0. The van der Waals surface area contributed by atoms with E-state index in [1.807, 2.05) is 26.0 Å². The van der Waals surface area contributed by atoms with Crippen LogP contribution in [-0.4, -0.2) is 10.7 Å². The molecule has 1 rings (SSSR count). The lowest BCUT2D eigenvalue weighted by Gasteiger charge is -2.34. The highest BCUT2D eigenvalue weighted by Gasteiger charge is 2.38. The van der Waals surface area contributed by atoms with E-state index < -0.39 is 5.60 Å². The first kappa shape index (κ1) is 9.28. The van der Waals surface area contributed by atoms with Crippen molar-refractivity contribution in [1.29, 1.82) is 5.26 Å². The van der Waals surface area contributed by atoms with Crippen LogP contribution in [0.5, 0.6) is 0 Å². The van der Waals surface area contributed by atoms with Crippen molar-refractivity contribution < 1.29 is 5.11 Å².